The van der Waals surface area contributed by atoms with E-state index in [1.165, 1.54) is 42.5 Å². The van der Waals surface area contributed by atoms with Crippen LogP contribution in [0.3, 0.4) is 0 Å². The van der Waals surface area contributed by atoms with Crippen LogP contribution in [0.4, 0.5) is 15.8 Å². The number of sulfonamides is 1. The number of nitrogens with zero attached hydrogens (tertiary/aromatic N) is 2. The highest BCUT2D eigenvalue weighted by atomic mass is 32.2. The van der Waals surface area contributed by atoms with Crippen molar-refractivity contribution in [2.45, 2.75) is 17.4 Å². The van der Waals surface area contributed by atoms with Crippen molar-refractivity contribution in [3.63, 3.8) is 0 Å². The number of hydrogen-bond acceptors (Lipinski definition) is 8. The number of ether oxygens (including phenoxy) is 3. The smallest absolute Gasteiger partial charge is 0.264 e. The Morgan fingerprint density at radius 3 is 2.36 bits per heavy atom. The first kappa shape index (κ1) is 28.7. The van der Waals surface area contributed by atoms with Crippen LogP contribution in [0.1, 0.15) is 27.1 Å². The molecule has 0 unspecified atom stereocenters. The maximum atomic E-state index is 13.8. The van der Waals surface area contributed by atoms with Gasteiger partial charge in [-0.2, -0.15) is 0 Å². The molecule has 12 heteroatoms. The summed E-state index contributed by atoms with van der Waals surface area (Å²) in [5.41, 5.74) is 1.18. The van der Waals surface area contributed by atoms with E-state index in [2.05, 4.69) is 4.98 Å². The molecular weight excluding hydrogens is 565 g/mol. The summed E-state index contributed by atoms with van der Waals surface area (Å²) in [6, 6.07) is 18.2. The quantitative estimate of drug-likeness (QED) is 0.302. The largest absolute Gasteiger partial charge is 0.493 e. The summed E-state index contributed by atoms with van der Waals surface area (Å²) in [6.07, 6.45) is 3.54. The highest BCUT2D eigenvalue weighted by Gasteiger charge is 2.25. The molecule has 1 N–H and O–H groups in total. The number of carbonyl (C=O) groups excluding carboxylic acids is 2. The Kier molecular flexibility index (Phi) is 8.46. The summed E-state index contributed by atoms with van der Waals surface area (Å²) in [7, 11) is -2.72. The Balaban J connectivity index is 1.46. The molecule has 216 valence electrons. The molecular formula is C30H26FN3O7S. The summed E-state index contributed by atoms with van der Waals surface area (Å²) in [6.45, 7) is 1.02. The minimum absolute atomic E-state index is 0.0261. The third-order valence-electron chi connectivity index (χ3n) is 6.44. The lowest BCUT2D eigenvalue weighted by atomic mass is 10.1. The van der Waals surface area contributed by atoms with Crippen LogP contribution in [0, 0.1) is 5.82 Å². The van der Waals surface area contributed by atoms with E-state index in [1.54, 1.807) is 36.5 Å². The lowest BCUT2D eigenvalue weighted by Crippen LogP contribution is -2.30. The number of halogens is 1. The first-order chi connectivity index (χ1) is 20.2. The Bertz CT molecular complexity index is 1680. The van der Waals surface area contributed by atoms with Gasteiger partial charge in [0.25, 0.3) is 21.8 Å². The number of aromatic nitrogens is 1. The van der Waals surface area contributed by atoms with Crippen molar-refractivity contribution in [3.05, 3.63) is 108 Å². The zero-order valence-electron chi connectivity index (χ0n) is 22.4. The fraction of sp³-hybridized carbons (Fsp3) is 0.167. The number of pyridine rings is 1. The molecule has 1 atom stereocenters. The summed E-state index contributed by atoms with van der Waals surface area (Å²) in [5.74, 6) is -0.996. The van der Waals surface area contributed by atoms with Crippen LogP contribution in [-0.2, 0) is 14.8 Å². The van der Waals surface area contributed by atoms with Crippen molar-refractivity contribution in [1.29, 1.82) is 0 Å². The topological polar surface area (TPSA) is 124 Å². The number of nitrogens with one attached hydrogen (secondary N) is 1. The van der Waals surface area contributed by atoms with E-state index < -0.39 is 27.7 Å². The molecule has 1 fully saturated rings. The van der Waals surface area contributed by atoms with Crippen LogP contribution in [0.15, 0.2) is 96.2 Å². The van der Waals surface area contributed by atoms with Crippen LogP contribution >= 0.6 is 0 Å². The molecule has 0 aliphatic carbocycles. The highest BCUT2D eigenvalue weighted by molar-refractivity contribution is 7.90. The molecule has 10 nitrogen and oxygen atoms in total. The summed E-state index contributed by atoms with van der Waals surface area (Å²) in [5, 5.41) is 0. The van der Waals surface area contributed by atoms with Crippen molar-refractivity contribution >= 4 is 33.2 Å². The summed E-state index contributed by atoms with van der Waals surface area (Å²) < 4.78 is 57.4. The minimum atomic E-state index is -4.24. The zero-order chi connectivity index (χ0) is 29.7. The van der Waals surface area contributed by atoms with Gasteiger partial charge in [0.15, 0.2) is 11.5 Å². The van der Waals surface area contributed by atoms with Gasteiger partial charge in [0, 0.05) is 36.1 Å². The second-order valence-electron chi connectivity index (χ2n) is 9.26. The van der Waals surface area contributed by atoms with E-state index in [4.69, 9.17) is 14.2 Å². The molecule has 0 spiro atoms. The average Bonchev–Trinajstić information content (AvgIpc) is 3.51. The maximum absolute atomic E-state index is 13.8. The van der Waals surface area contributed by atoms with Crippen LogP contribution in [0.5, 0.6) is 11.5 Å². The van der Waals surface area contributed by atoms with E-state index in [0.29, 0.717) is 48.1 Å². The van der Waals surface area contributed by atoms with Crippen molar-refractivity contribution in [3.8, 4) is 11.5 Å². The van der Waals surface area contributed by atoms with Crippen LogP contribution in [0.25, 0.3) is 0 Å². The van der Waals surface area contributed by atoms with Crippen LogP contribution in [0.2, 0.25) is 0 Å². The third-order valence-corrected chi connectivity index (χ3v) is 7.78. The fourth-order valence-electron chi connectivity index (χ4n) is 4.30. The number of rotatable bonds is 9. The SMILES string of the molecule is COc1ccc(N(C(=O)c2cccnc2)c2ccc(C(=O)NS(=O)(=O)c3ccc(F)cc3)cc2)cc1O[C@@H]1CCOC1. The minimum Gasteiger partial charge on any atom is -0.493 e. The van der Waals surface area contributed by atoms with Crippen molar-refractivity contribution < 1.29 is 36.6 Å². The number of methoxy groups -OCH3 is 1. The monoisotopic (exact) mass is 591 g/mol. The van der Waals surface area contributed by atoms with Gasteiger partial charge in [0.2, 0.25) is 0 Å². The Hall–Kier alpha value is -4.81. The Labute approximate surface area is 241 Å². The van der Waals surface area contributed by atoms with E-state index in [9.17, 15) is 22.4 Å². The molecule has 1 aromatic heterocycles. The average molecular weight is 592 g/mol. The van der Waals surface area contributed by atoms with Crippen molar-refractivity contribution in [2.24, 2.45) is 0 Å². The number of hydrogen-bond donors (Lipinski definition) is 1. The second kappa shape index (κ2) is 12.4. The van der Waals surface area contributed by atoms with Gasteiger partial charge in [0.1, 0.15) is 11.9 Å². The predicted octanol–water partition coefficient (Wildman–Crippen LogP) is 4.49. The number of carbonyl (C=O) groups is 2. The van der Waals surface area contributed by atoms with Gasteiger partial charge in [-0.25, -0.2) is 17.5 Å². The second-order valence-corrected chi connectivity index (χ2v) is 10.9. The predicted molar refractivity (Wildman–Crippen MR) is 151 cm³/mol. The van der Waals surface area contributed by atoms with E-state index >= 15 is 0 Å². The zero-order valence-corrected chi connectivity index (χ0v) is 23.2. The molecule has 3 aromatic carbocycles. The number of anilines is 2. The van der Waals surface area contributed by atoms with Gasteiger partial charge in [-0.05, 0) is 72.8 Å². The van der Waals surface area contributed by atoms with Crippen LogP contribution < -0.4 is 19.1 Å². The standard InChI is InChI=1S/C30H26FN3O7S/c1-39-27-13-10-24(17-28(27)41-25-14-16-40-19-25)34(30(36)21-3-2-15-32-18-21)23-8-4-20(5-9-23)29(35)33-42(37,38)26-11-6-22(31)7-12-26/h2-13,15,17-18,25H,14,16,19H2,1H3,(H,33,35)/t25-/m1/s1. The van der Waals surface area contributed by atoms with Crippen molar-refractivity contribution in [1.82, 2.24) is 9.71 Å². The van der Waals surface area contributed by atoms with Gasteiger partial charge in [-0.3, -0.25) is 19.5 Å². The van der Waals surface area contributed by atoms with E-state index in [0.717, 1.165) is 24.3 Å². The first-order valence-electron chi connectivity index (χ1n) is 12.8. The first-order valence-corrected chi connectivity index (χ1v) is 14.3. The molecule has 5 rings (SSSR count). The fourth-order valence-corrected chi connectivity index (χ4v) is 5.27. The molecule has 42 heavy (non-hydrogen) atoms. The van der Waals surface area contributed by atoms with Crippen LogP contribution in [-0.4, -0.2) is 51.6 Å². The van der Waals surface area contributed by atoms with E-state index in [-0.39, 0.29) is 16.6 Å². The third kappa shape index (κ3) is 6.40. The molecule has 1 saturated heterocycles. The molecule has 0 radical (unpaired) electrons. The normalized spacial score (nSPS) is 14.7. The van der Waals surface area contributed by atoms with Gasteiger partial charge >= 0.3 is 0 Å². The molecule has 1 aliphatic heterocycles. The summed E-state index contributed by atoms with van der Waals surface area (Å²) >= 11 is 0. The molecule has 4 aromatic rings. The van der Waals surface area contributed by atoms with Gasteiger partial charge in [-0.1, -0.05) is 0 Å². The lowest BCUT2D eigenvalue weighted by molar-refractivity contribution is 0.0979. The Morgan fingerprint density at radius 2 is 1.71 bits per heavy atom. The molecule has 1 aliphatic rings. The Morgan fingerprint density at radius 1 is 0.976 bits per heavy atom. The lowest BCUT2D eigenvalue weighted by Gasteiger charge is -2.25. The molecule has 0 saturated carbocycles. The van der Waals surface area contributed by atoms with Gasteiger partial charge < -0.3 is 14.2 Å². The van der Waals surface area contributed by atoms with Gasteiger partial charge in [-0.15, -0.1) is 0 Å². The summed E-state index contributed by atoms with van der Waals surface area (Å²) in [4.78, 5) is 31.8. The molecule has 0 bridgehead atoms. The number of amides is 2. The molecule has 2 amide bonds. The van der Waals surface area contributed by atoms with E-state index in [1.807, 2.05) is 4.72 Å². The highest BCUT2D eigenvalue weighted by Crippen LogP contribution is 2.37. The number of benzene rings is 3. The molecule has 2 heterocycles. The maximum Gasteiger partial charge on any atom is 0.264 e. The van der Waals surface area contributed by atoms with Gasteiger partial charge in [0.05, 0.1) is 36.5 Å². The van der Waals surface area contributed by atoms with Crippen molar-refractivity contribution in [2.75, 3.05) is 25.2 Å².